The van der Waals surface area contributed by atoms with E-state index in [-0.39, 0.29) is 5.56 Å². The summed E-state index contributed by atoms with van der Waals surface area (Å²) in [5, 5.41) is -3.56. The molecule has 0 amide bonds. The largest absolute Gasteiger partial charge is 0.464 e. The predicted octanol–water partition coefficient (Wildman–Crippen LogP) is 3.45. The van der Waals surface area contributed by atoms with Crippen molar-refractivity contribution in [3.05, 3.63) is 36.1 Å². The Morgan fingerprint density at radius 2 is 2.00 bits per heavy atom. The van der Waals surface area contributed by atoms with E-state index in [2.05, 4.69) is 11.6 Å². The zero-order chi connectivity index (χ0) is 11.1. The normalized spacial score (nSPS) is 11.9. The van der Waals surface area contributed by atoms with Gasteiger partial charge in [0, 0.05) is 5.39 Å². The Morgan fingerprint density at radius 1 is 1.33 bits per heavy atom. The molecule has 0 aliphatic rings. The molecule has 1 heterocycles. The number of furan rings is 1. The number of carbonyl (C=O) groups is 1. The molecule has 0 fully saturated rings. The number of ketones is 1. The zero-order valence-electron chi connectivity index (χ0n) is 7.34. The fraction of sp³-hybridized carbons (Fsp3) is 0.100. The summed E-state index contributed by atoms with van der Waals surface area (Å²) in [6, 6.07) is 6.41. The van der Waals surface area contributed by atoms with E-state index in [0.29, 0.717) is 11.0 Å². The Labute approximate surface area is 88.4 Å². The van der Waals surface area contributed by atoms with Gasteiger partial charge in [0.05, 0.1) is 5.56 Å². The van der Waals surface area contributed by atoms with Crippen molar-refractivity contribution in [3.8, 4) is 0 Å². The molecule has 1 aromatic carbocycles. The molecule has 78 valence electrons. The van der Waals surface area contributed by atoms with Gasteiger partial charge in [-0.15, -0.1) is 0 Å². The molecule has 0 bridgehead atoms. The zero-order valence-corrected chi connectivity index (χ0v) is 8.09. The highest BCUT2D eigenvalue weighted by Crippen LogP contribution is 2.29. The van der Waals surface area contributed by atoms with E-state index in [9.17, 15) is 13.6 Å². The number of benzene rings is 1. The number of rotatable bonds is 2. The van der Waals surface area contributed by atoms with Crippen LogP contribution in [0.3, 0.4) is 0 Å². The highest BCUT2D eigenvalue weighted by atomic mass is 35.5. The highest BCUT2D eigenvalue weighted by Gasteiger charge is 2.38. The second-order valence-electron chi connectivity index (χ2n) is 2.97. The molecule has 0 aliphatic carbocycles. The van der Waals surface area contributed by atoms with Crippen molar-refractivity contribution in [1.29, 1.82) is 0 Å². The molecule has 2 rings (SSSR count). The standard InChI is InChI=1S/C10H5ClF2O2/c11-10(12,13)9(14)7-5-15-8-4-2-1-3-6(7)8/h1-5H. The molecule has 0 unspecified atom stereocenters. The summed E-state index contributed by atoms with van der Waals surface area (Å²) in [5.74, 6) is -1.45. The third-order valence-corrected chi connectivity index (χ3v) is 2.15. The molecule has 0 N–H and O–H groups in total. The van der Waals surface area contributed by atoms with E-state index in [1.807, 2.05) is 0 Å². The van der Waals surface area contributed by atoms with Gasteiger partial charge in [0.2, 0.25) is 0 Å². The number of fused-ring (bicyclic) bond motifs is 1. The summed E-state index contributed by atoms with van der Waals surface area (Å²) >= 11 is 4.65. The van der Waals surface area contributed by atoms with Crippen LogP contribution in [0.4, 0.5) is 8.78 Å². The van der Waals surface area contributed by atoms with Crippen LogP contribution < -0.4 is 0 Å². The fourth-order valence-electron chi connectivity index (χ4n) is 1.31. The van der Waals surface area contributed by atoms with E-state index in [1.54, 1.807) is 18.2 Å². The number of carbonyl (C=O) groups excluding carboxylic acids is 1. The first-order valence-electron chi connectivity index (χ1n) is 4.08. The number of alkyl halides is 3. The summed E-state index contributed by atoms with van der Waals surface area (Å²) in [4.78, 5) is 11.2. The van der Waals surface area contributed by atoms with Crippen LogP contribution in [0.15, 0.2) is 34.9 Å². The van der Waals surface area contributed by atoms with Gasteiger partial charge in [-0.1, -0.05) is 18.2 Å². The average molecular weight is 231 g/mol. The molecule has 0 saturated heterocycles. The van der Waals surface area contributed by atoms with Crippen LogP contribution in [-0.2, 0) is 0 Å². The van der Waals surface area contributed by atoms with Crippen LogP contribution in [0.5, 0.6) is 0 Å². The number of hydrogen-bond acceptors (Lipinski definition) is 2. The molecule has 0 aliphatic heterocycles. The van der Waals surface area contributed by atoms with Crippen LogP contribution in [0.2, 0.25) is 0 Å². The molecule has 0 spiro atoms. The highest BCUT2D eigenvalue weighted by molar-refractivity contribution is 6.36. The molecular weight excluding hydrogens is 226 g/mol. The van der Waals surface area contributed by atoms with Gasteiger partial charge in [-0.2, -0.15) is 8.78 Å². The molecular formula is C10H5ClF2O2. The molecule has 0 saturated carbocycles. The van der Waals surface area contributed by atoms with Gasteiger partial charge >= 0.3 is 5.38 Å². The van der Waals surface area contributed by atoms with Gasteiger partial charge in [-0.3, -0.25) is 4.79 Å². The SMILES string of the molecule is O=C(c1coc2ccccc12)C(F)(F)Cl. The van der Waals surface area contributed by atoms with Gasteiger partial charge in [-0.05, 0) is 17.7 Å². The van der Waals surface area contributed by atoms with Crippen LogP contribution >= 0.6 is 11.6 Å². The Bertz CT molecular complexity index is 513. The Hall–Kier alpha value is -1.42. The van der Waals surface area contributed by atoms with Crippen molar-refractivity contribution < 1.29 is 18.0 Å². The minimum absolute atomic E-state index is 0.203. The van der Waals surface area contributed by atoms with Crippen molar-refractivity contribution in [2.45, 2.75) is 5.38 Å². The van der Waals surface area contributed by atoms with Crippen LogP contribution in [0.25, 0.3) is 11.0 Å². The van der Waals surface area contributed by atoms with Crippen molar-refractivity contribution in [2.24, 2.45) is 0 Å². The number of Topliss-reactive ketones (excluding diaryl/α,β-unsaturated/α-hetero) is 1. The third-order valence-electron chi connectivity index (χ3n) is 1.98. The first-order valence-corrected chi connectivity index (χ1v) is 4.45. The molecule has 5 heteroatoms. The third kappa shape index (κ3) is 1.72. The van der Waals surface area contributed by atoms with Crippen molar-refractivity contribution >= 4 is 28.4 Å². The molecule has 15 heavy (non-hydrogen) atoms. The Balaban J connectivity index is 2.58. The monoisotopic (exact) mass is 230 g/mol. The van der Waals surface area contributed by atoms with E-state index in [0.717, 1.165) is 6.26 Å². The summed E-state index contributed by atoms with van der Waals surface area (Å²) in [7, 11) is 0. The molecule has 0 radical (unpaired) electrons. The number of para-hydroxylation sites is 1. The van der Waals surface area contributed by atoms with Crippen molar-refractivity contribution in [2.75, 3.05) is 0 Å². The first-order chi connectivity index (χ1) is 7.00. The lowest BCUT2D eigenvalue weighted by Gasteiger charge is -2.03. The van der Waals surface area contributed by atoms with Crippen LogP contribution in [0.1, 0.15) is 10.4 Å². The fourth-order valence-corrected chi connectivity index (χ4v) is 1.41. The first kappa shape index (κ1) is 10.1. The summed E-state index contributed by atoms with van der Waals surface area (Å²) in [6.45, 7) is 0. The topological polar surface area (TPSA) is 30.2 Å². The molecule has 1 aromatic heterocycles. The molecule has 0 atom stereocenters. The van der Waals surface area contributed by atoms with E-state index in [1.165, 1.54) is 6.07 Å². The van der Waals surface area contributed by atoms with Gasteiger partial charge in [0.25, 0.3) is 5.78 Å². The summed E-state index contributed by atoms with van der Waals surface area (Å²) in [6.07, 6.45) is 0.989. The maximum absolute atomic E-state index is 12.6. The maximum Gasteiger partial charge on any atom is 0.385 e. The van der Waals surface area contributed by atoms with E-state index >= 15 is 0 Å². The predicted molar refractivity (Wildman–Crippen MR) is 51.3 cm³/mol. The lowest BCUT2D eigenvalue weighted by Crippen LogP contribution is -2.20. The van der Waals surface area contributed by atoms with Gasteiger partial charge in [0.1, 0.15) is 11.8 Å². The minimum atomic E-state index is -3.90. The second kappa shape index (κ2) is 3.31. The number of hydrogen-bond donors (Lipinski definition) is 0. The minimum Gasteiger partial charge on any atom is -0.464 e. The lowest BCUT2D eigenvalue weighted by molar-refractivity contribution is 0.0537. The quantitative estimate of drug-likeness (QED) is 0.584. The Kier molecular flexibility index (Phi) is 2.23. The smallest absolute Gasteiger partial charge is 0.385 e. The van der Waals surface area contributed by atoms with Crippen molar-refractivity contribution in [1.82, 2.24) is 0 Å². The Morgan fingerprint density at radius 3 is 2.67 bits per heavy atom. The van der Waals surface area contributed by atoms with E-state index in [4.69, 9.17) is 4.42 Å². The van der Waals surface area contributed by atoms with E-state index < -0.39 is 11.2 Å². The van der Waals surface area contributed by atoms with Crippen LogP contribution in [-0.4, -0.2) is 11.2 Å². The average Bonchev–Trinajstić information content (AvgIpc) is 2.58. The van der Waals surface area contributed by atoms with Crippen LogP contribution in [0, 0.1) is 0 Å². The molecule has 2 nitrogen and oxygen atoms in total. The lowest BCUT2D eigenvalue weighted by atomic mass is 10.1. The maximum atomic E-state index is 12.6. The summed E-state index contributed by atoms with van der Waals surface area (Å²) in [5.41, 5.74) is 0.173. The molecule has 2 aromatic rings. The van der Waals surface area contributed by atoms with Gasteiger partial charge in [0.15, 0.2) is 0 Å². The van der Waals surface area contributed by atoms with Crippen molar-refractivity contribution in [3.63, 3.8) is 0 Å². The van der Waals surface area contributed by atoms with Gasteiger partial charge < -0.3 is 4.42 Å². The van der Waals surface area contributed by atoms with Gasteiger partial charge in [-0.25, -0.2) is 0 Å². The summed E-state index contributed by atoms with van der Waals surface area (Å²) < 4.78 is 30.1. The number of halogens is 3. The second-order valence-corrected chi connectivity index (χ2v) is 3.45.